The summed E-state index contributed by atoms with van der Waals surface area (Å²) >= 11 is 3.42. The Hall–Kier alpha value is -3.10. The quantitative estimate of drug-likeness (QED) is 0.429. The van der Waals surface area contributed by atoms with Crippen LogP contribution < -0.4 is 0 Å². The first-order chi connectivity index (χ1) is 12.6. The Bertz CT molecular complexity index is 1160. The highest BCUT2D eigenvalue weighted by Gasteiger charge is 2.10. The third-order valence-corrected chi connectivity index (χ3v) is 4.58. The molecule has 4 rings (SSSR count). The second-order valence-corrected chi connectivity index (χ2v) is 6.90. The van der Waals surface area contributed by atoms with Crippen molar-refractivity contribution in [2.24, 2.45) is 0 Å². The second-order valence-electron chi connectivity index (χ2n) is 5.98. The Morgan fingerprint density at radius 2 is 1.96 bits per heavy atom. The zero-order valence-electron chi connectivity index (χ0n) is 14.0. The number of imidazole rings is 1. The van der Waals surface area contributed by atoms with Crippen molar-refractivity contribution in [3.8, 4) is 17.4 Å². The van der Waals surface area contributed by atoms with Gasteiger partial charge >= 0.3 is 0 Å². The van der Waals surface area contributed by atoms with Gasteiger partial charge in [-0.25, -0.2) is 4.98 Å². The molecule has 0 amide bonds. The van der Waals surface area contributed by atoms with Gasteiger partial charge in [0.05, 0.1) is 16.6 Å². The van der Waals surface area contributed by atoms with Crippen LogP contribution in [0.25, 0.3) is 34.0 Å². The molecule has 2 aromatic carbocycles. The smallest absolute Gasteiger partial charge is 0.149 e. The van der Waals surface area contributed by atoms with Gasteiger partial charge in [0.15, 0.2) is 0 Å². The van der Waals surface area contributed by atoms with Gasteiger partial charge < -0.3 is 9.40 Å². The summed E-state index contributed by atoms with van der Waals surface area (Å²) in [6, 6.07) is 19.8. The fourth-order valence-corrected chi connectivity index (χ4v) is 3.01. The van der Waals surface area contributed by atoms with E-state index in [1.165, 1.54) is 0 Å². The number of allylic oxidation sites excluding steroid dienone is 1. The Kier molecular flexibility index (Phi) is 4.19. The molecule has 2 heterocycles. The molecule has 0 aliphatic carbocycles. The molecule has 26 heavy (non-hydrogen) atoms. The molecule has 1 N–H and O–H groups in total. The molecule has 0 saturated carbocycles. The first-order valence-corrected chi connectivity index (χ1v) is 8.86. The third kappa shape index (κ3) is 3.19. The largest absolute Gasteiger partial charge is 0.457 e. The number of aromatic nitrogens is 2. The summed E-state index contributed by atoms with van der Waals surface area (Å²) in [6.07, 6.45) is 1.70. The van der Waals surface area contributed by atoms with Crippen molar-refractivity contribution in [1.82, 2.24) is 9.97 Å². The van der Waals surface area contributed by atoms with E-state index in [-0.39, 0.29) is 0 Å². The molecule has 0 atom stereocenters. The van der Waals surface area contributed by atoms with Crippen LogP contribution in [0.4, 0.5) is 0 Å². The molecule has 5 heteroatoms. The summed E-state index contributed by atoms with van der Waals surface area (Å²) < 4.78 is 6.89. The number of hydrogen-bond acceptors (Lipinski definition) is 3. The molecule has 0 unspecified atom stereocenters. The van der Waals surface area contributed by atoms with E-state index in [9.17, 15) is 5.26 Å². The van der Waals surface area contributed by atoms with Crippen LogP contribution >= 0.6 is 15.9 Å². The van der Waals surface area contributed by atoms with Gasteiger partial charge in [0, 0.05) is 16.1 Å². The van der Waals surface area contributed by atoms with Gasteiger partial charge in [0.2, 0.25) is 0 Å². The Morgan fingerprint density at radius 3 is 2.73 bits per heavy atom. The number of nitrogens with zero attached hydrogens (tertiary/aromatic N) is 2. The molecular weight excluding hydrogens is 390 g/mol. The molecule has 0 aliphatic rings. The van der Waals surface area contributed by atoms with Gasteiger partial charge in [-0.3, -0.25) is 0 Å². The lowest BCUT2D eigenvalue weighted by Crippen LogP contribution is -1.84. The first-order valence-electron chi connectivity index (χ1n) is 8.07. The van der Waals surface area contributed by atoms with Crippen molar-refractivity contribution >= 4 is 38.6 Å². The third-order valence-electron chi connectivity index (χ3n) is 4.06. The first kappa shape index (κ1) is 16.4. The number of hydrogen-bond donors (Lipinski definition) is 1. The predicted molar refractivity (Wildman–Crippen MR) is 106 cm³/mol. The number of rotatable bonds is 3. The summed E-state index contributed by atoms with van der Waals surface area (Å²) in [5, 5.41) is 9.55. The maximum atomic E-state index is 9.55. The van der Waals surface area contributed by atoms with Crippen LogP contribution in [-0.2, 0) is 0 Å². The minimum absolute atomic E-state index is 0.426. The highest BCUT2D eigenvalue weighted by atomic mass is 79.9. The van der Waals surface area contributed by atoms with E-state index in [4.69, 9.17) is 4.42 Å². The van der Waals surface area contributed by atoms with Crippen LogP contribution in [0, 0.1) is 18.3 Å². The standard InChI is InChI=1S/C21H14BrN3O/c1-13-2-8-18-19(10-13)25-21(24-18)15(12-23)11-17-7-9-20(26-17)14-3-5-16(22)6-4-14/h2-11H,1H3,(H,24,25)/b15-11+. The van der Waals surface area contributed by atoms with Crippen LogP contribution in [0.2, 0.25) is 0 Å². The Labute approximate surface area is 158 Å². The van der Waals surface area contributed by atoms with Gasteiger partial charge in [-0.05, 0) is 48.9 Å². The van der Waals surface area contributed by atoms with E-state index >= 15 is 0 Å². The van der Waals surface area contributed by atoms with Crippen LogP contribution in [-0.4, -0.2) is 9.97 Å². The normalized spacial score (nSPS) is 11.7. The molecule has 2 aromatic heterocycles. The fraction of sp³-hybridized carbons (Fsp3) is 0.0476. The van der Waals surface area contributed by atoms with E-state index in [1.54, 1.807) is 6.08 Å². The monoisotopic (exact) mass is 403 g/mol. The number of benzene rings is 2. The van der Waals surface area contributed by atoms with Gasteiger partial charge in [0.25, 0.3) is 0 Å². The number of furan rings is 1. The zero-order chi connectivity index (χ0) is 18.1. The summed E-state index contributed by atoms with van der Waals surface area (Å²) in [5.41, 5.74) is 4.29. The lowest BCUT2D eigenvalue weighted by Gasteiger charge is -1.97. The van der Waals surface area contributed by atoms with Crippen molar-refractivity contribution in [3.63, 3.8) is 0 Å². The maximum absolute atomic E-state index is 9.55. The number of H-pyrrole nitrogens is 1. The minimum Gasteiger partial charge on any atom is -0.457 e. The number of aryl methyl sites for hydroxylation is 1. The number of nitrogens with one attached hydrogen (secondary N) is 1. The molecule has 0 aliphatic heterocycles. The number of nitriles is 1. The molecule has 126 valence electrons. The maximum Gasteiger partial charge on any atom is 0.149 e. The average Bonchev–Trinajstić information content (AvgIpc) is 3.26. The van der Waals surface area contributed by atoms with E-state index in [1.807, 2.05) is 61.5 Å². The molecule has 0 saturated heterocycles. The highest BCUT2D eigenvalue weighted by molar-refractivity contribution is 9.10. The zero-order valence-corrected chi connectivity index (χ0v) is 15.5. The van der Waals surface area contributed by atoms with E-state index < -0.39 is 0 Å². The van der Waals surface area contributed by atoms with Crippen molar-refractivity contribution < 1.29 is 4.42 Å². The molecule has 0 bridgehead atoms. The Morgan fingerprint density at radius 1 is 1.15 bits per heavy atom. The van der Waals surface area contributed by atoms with Crippen LogP contribution in [0.1, 0.15) is 17.1 Å². The predicted octanol–water partition coefficient (Wildman–Crippen LogP) is 5.96. The lowest BCUT2D eigenvalue weighted by molar-refractivity contribution is 0.572. The fourth-order valence-electron chi connectivity index (χ4n) is 2.75. The SMILES string of the molecule is Cc1ccc2nc(/C(C#N)=C/c3ccc(-c4ccc(Br)cc4)o3)[nH]c2c1. The molecule has 0 spiro atoms. The van der Waals surface area contributed by atoms with Crippen molar-refractivity contribution in [2.45, 2.75) is 6.92 Å². The van der Waals surface area contributed by atoms with Crippen LogP contribution in [0.5, 0.6) is 0 Å². The molecular formula is C21H14BrN3O. The topological polar surface area (TPSA) is 65.6 Å². The summed E-state index contributed by atoms with van der Waals surface area (Å²) in [4.78, 5) is 7.71. The van der Waals surface area contributed by atoms with Crippen molar-refractivity contribution in [3.05, 3.63) is 76.2 Å². The number of halogens is 1. The average molecular weight is 404 g/mol. The van der Waals surface area contributed by atoms with Crippen molar-refractivity contribution in [2.75, 3.05) is 0 Å². The summed E-state index contributed by atoms with van der Waals surface area (Å²) in [5.74, 6) is 1.90. The second kappa shape index (κ2) is 6.66. The molecule has 4 aromatic rings. The van der Waals surface area contributed by atoms with E-state index in [0.717, 1.165) is 32.4 Å². The lowest BCUT2D eigenvalue weighted by atomic mass is 10.2. The van der Waals surface area contributed by atoms with Crippen LogP contribution in [0.15, 0.2) is 63.5 Å². The number of aromatic amines is 1. The van der Waals surface area contributed by atoms with E-state index in [0.29, 0.717) is 17.2 Å². The molecule has 0 fully saturated rings. The number of fused-ring (bicyclic) bond motifs is 1. The van der Waals surface area contributed by atoms with Gasteiger partial charge in [-0.2, -0.15) is 5.26 Å². The Balaban J connectivity index is 1.69. The molecule has 0 radical (unpaired) electrons. The van der Waals surface area contributed by atoms with Gasteiger partial charge in [0.1, 0.15) is 23.4 Å². The molecule has 4 nitrogen and oxygen atoms in total. The summed E-state index contributed by atoms with van der Waals surface area (Å²) in [6.45, 7) is 2.02. The highest BCUT2D eigenvalue weighted by Crippen LogP contribution is 2.26. The summed E-state index contributed by atoms with van der Waals surface area (Å²) in [7, 11) is 0. The van der Waals surface area contributed by atoms with Gasteiger partial charge in [-0.1, -0.05) is 34.1 Å². The van der Waals surface area contributed by atoms with Crippen LogP contribution in [0.3, 0.4) is 0 Å². The minimum atomic E-state index is 0.426. The van der Waals surface area contributed by atoms with E-state index in [2.05, 4.69) is 32.0 Å². The van der Waals surface area contributed by atoms with Gasteiger partial charge in [-0.15, -0.1) is 0 Å². The van der Waals surface area contributed by atoms with Crippen molar-refractivity contribution in [1.29, 1.82) is 5.26 Å².